The van der Waals surface area contributed by atoms with Crippen LogP contribution in [0.5, 0.6) is 0 Å². The molecule has 9 heteroatoms. The summed E-state index contributed by atoms with van der Waals surface area (Å²) in [5, 5.41) is 11.7. The third-order valence-electron chi connectivity index (χ3n) is 6.01. The average molecular weight is 471 g/mol. The van der Waals surface area contributed by atoms with E-state index in [4.69, 9.17) is 4.74 Å². The minimum absolute atomic E-state index is 0.0660. The molecular weight excluding hydrogens is 444 g/mol. The summed E-state index contributed by atoms with van der Waals surface area (Å²) < 4.78 is 17.2. The molecule has 2 amide bonds. The van der Waals surface area contributed by atoms with Crippen LogP contribution in [0.15, 0.2) is 48.5 Å². The molecule has 1 heterocycles. The summed E-state index contributed by atoms with van der Waals surface area (Å²) in [6, 6.07) is 14.6. The van der Waals surface area contributed by atoms with Gasteiger partial charge in [-0.05, 0) is 28.7 Å². The van der Waals surface area contributed by atoms with E-state index in [2.05, 4.69) is 5.32 Å². The van der Waals surface area contributed by atoms with Crippen molar-refractivity contribution >= 4 is 28.8 Å². The van der Waals surface area contributed by atoms with Crippen molar-refractivity contribution in [1.29, 1.82) is 0 Å². The van der Waals surface area contributed by atoms with Gasteiger partial charge in [0.25, 0.3) is 0 Å². The van der Waals surface area contributed by atoms with E-state index in [1.165, 1.54) is 4.90 Å². The quantitative estimate of drug-likeness (QED) is 0.670. The Balaban J connectivity index is 1.42. The maximum Gasteiger partial charge on any atom is 0.407 e. The lowest BCUT2D eigenvalue weighted by atomic mass is 9.98. The van der Waals surface area contributed by atoms with Crippen molar-refractivity contribution in [2.24, 2.45) is 0 Å². The normalized spacial score (nSPS) is 18.5. The summed E-state index contributed by atoms with van der Waals surface area (Å²) in [5.74, 6) is -0.989. The Morgan fingerprint density at radius 2 is 1.67 bits per heavy atom. The van der Waals surface area contributed by atoms with E-state index in [1.807, 2.05) is 48.5 Å². The van der Waals surface area contributed by atoms with Crippen LogP contribution in [0.25, 0.3) is 11.1 Å². The number of hydrogen-bond acceptors (Lipinski definition) is 5. The van der Waals surface area contributed by atoms with Crippen LogP contribution in [0.4, 0.5) is 4.79 Å². The molecule has 2 aromatic rings. The highest BCUT2D eigenvalue weighted by atomic mass is 32.2. The Labute approximate surface area is 194 Å². The van der Waals surface area contributed by atoms with Gasteiger partial charge < -0.3 is 20.1 Å². The second-order valence-corrected chi connectivity index (χ2v) is 9.84. The minimum Gasteiger partial charge on any atom is -0.481 e. The number of fused-ring (bicyclic) bond motifs is 3. The fraction of sp³-hybridized carbons (Fsp3) is 0.375. The first-order valence-corrected chi connectivity index (χ1v) is 12.4. The Hall–Kier alpha value is -3.20. The molecule has 2 aliphatic rings. The van der Waals surface area contributed by atoms with Crippen molar-refractivity contribution in [2.45, 2.75) is 24.8 Å². The summed E-state index contributed by atoms with van der Waals surface area (Å²) in [5.41, 5.74) is 4.31. The number of carboxylic acids is 1. The van der Waals surface area contributed by atoms with Gasteiger partial charge in [-0.25, -0.2) is 4.79 Å². The summed E-state index contributed by atoms with van der Waals surface area (Å²) in [7, 11) is -0.993. The third kappa shape index (κ3) is 5.24. The maximum absolute atomic E-state index is 12.9. The second-order valence-electron chi connectivity index (χ2n) is 8.15. The van der Waals surface area contributed by atoms with E-state index in [1.54, 1.807) is 0 Å². The summed E-state index contributed by atoms with van der Waals surface area (Å²) in [6.07, 6.45) is -0.819. The lowest BCUT2D eigenvalue weighted by Crippen LogP contribution is -2.50. The van der Waals surface area contributed by atoms with Gasteiger partial charge in [0.2, 0.25) is 5.91 Å². The molecule has 8 nitrogen and oxygen atoms in total. The van der Waals surface area contributed by atoms with Crippen LogP contribution in [0.3, 0.4) is 0 Å². The van der Waals surface area contributed by atoms with Gasteiger partial charge in [0, 0.05) is 41.3 Å². The number of carbonyl (C=O) groups excluding carboxylic acids is 2. The molecule has 2 N–H and O–H groups in total. The third-order valence-corrected chi connectivity index (χ3v) is 7.40. The highest BCUT2D eigenvalue weighted by Gasteiger charge is 2.32. The fourth-order valence-electron chi connectivity index (χ4n) is 4.44. The molecule has 0 aromatic heterocycles. The van der Waals surface area contributed by atoms with E-state index >= 15 is 0 Å². The van der Waals surface area contributed by atoms with Gasteiger partial charge in [0.05, 0.1) is 6.42 Å². The molecule has 2 unspecified atom stereocenters. The van der Waals surface area contributed by atoms with Crippen molar-refractivity contribution in [3.05, 3.63) is 59.7 Å². The lowest BCUT2D eigenvalue weighted by molar-refractivity contribution is -0.142. The van der Waals surface area contributed by atoms with Gasteiger partial charge in [0.15, 0.2) is 0 Å². The first-order chi connectivity index (χ1) is 15.9. The molecule has 33 heavy (non-hydrogen) atoms. The van der Waals surface area contributed by atoms with Crippen LogP contribution in [-0.2, 0) is 25.1 Å². The molecule has 0 saturated carbocycles. The van der Waals surface area contributed by atoms with Crippen molar-refractivity contribution in [2.75, 3.05) is 31.2 Å². The molecule has 1 aliphatic heterocycles. The highest BCUT2D eigenvalue weighted by molar-refractivity contribution is 7.85. The largest absolute Gasteiger partial charge is 0.481 e. The van der Waals surface area contributed by atoms with E-state index in [0.29, 0.717) is 24.5 Å². The van der Waals surface area contributed by atoms with Crippen molar-refractivity contribution in [3.63, 3.8) is 0 Å². The van der Waals surface area contributed by atoms with E-state index in [0.717, 1.165) is 22.3 Å². The van der Waals surface area contributed by atoms with Gasteiger partial charge in [0.1, 0.15) is 12.6 Å². The molecule has 1 fully saturated rings. The fourth-order valence-corrected chi connectivity index (χ4v) is 5.52. The first kappa shape index (κ1) is 23.0. The number of amides is 2. The molecule has 0 bridgehead atoms. The number of ether oxygens (including phenoxy) is 1. The highest BCUT2D eigenvalue weighted by Crippen LogP contribution is 2.44. The zero-order valence-electron chi connectivity index (χ0n) is 18.1. The van der Waals surface area contributed by atoms with Crippen LogP contribution in [0, 0.1) is 0 Å². The van der Waals surface area contributed by atoms with Crippen molar-refractivity contribution in [1.82, 2.24) is 10.2 Å². The number of rotatable bonds is 6. The molecule has 2 atom stereocenters. The molecule has 4 rings (SSSR count). The monoisotopic (exact) mass is 470 g/mol. The van der Waals surface area contributed by atoms with Gasteiger partial charge in [-0.15, -0.1) is 0 Å². The van der Waals surface area contributed by atoms with Crippen molar-refractivity contribution < 1.29 is 28.4 Å². The summed E-state index contributed by atoms with van der Waals surface area (Å²) >= 11 is 0. The Morgan fingerprint density at radius 1 is 1.03 bits per heavy atom. The van der Waals surface area contributed by atoms with Crippen molar-refractivity contribution in [3.8, 4) is 11.1 Å². The van der Waals surface area contributed by atoms with E-state index in [-0.39, 0.29) is 19.1 Å². The van der Waals surface area contributed by atoms with Gasteiger partial charge in [-0.3, -0.25) is 13.8 Å². The van der Waals surface area contributed by atoms with Crippen LogP contribution in [0.2, 0.25) is 0 Å². The number of hydrogen-bond donors (Lipinski definition) is 2. The SMILES string of the molecule is O=C(O)CC(NC(=O)OCC1c2ccccc2-c2ccccc21)C(=O)N1CCCS(=O)CC1. The van der Waals surface area contributed by atoms with Gasteiger partial charge in [-0.2, -0.15) is 0 Å². The predicted octanol–water partition coefficient (Wildman–Crippen LogP) is 2.35. The number of carboxylic acid groups (broad SMARTS) is 1. The Bertz CT molecular complexity index is 1040. The number of carbonyl (C=O) groups is 3. The predicted molar refractivity (Wildman–Crippen MR) is 123 cm³/mol. The minimum atomic E-state index is -1.25. The number of nitrogens with one attached hydrogen (secondary N) is 1. The molecule has 1 aliphatic carbocycles. The molecular formula is C24H26N2O6S. The van der Waals surface area contributed by atoms with E-state index in [9.17, 15) is 23.7 Å². The second kappa shape index (κ2) is 10.2. The number of nitrogens with zero attached hydrogens (tertiary/aromatic N) is 1. The molecule has 0 spiro atoms. The molecule has 2 aromatic carbocycles. The van der Waals surface area contributed by atoms with Crippen LogP contribution < -0.4 is 5.32 Å². The molecule has 174 valence electrons. The average Bonchev–Trinajstić information content (AvgIpc) is 2.95. The van der Waals surface area contributed by atoms with Crippen LogP contribution in [-0.4, -0.2) is 69.4 Å². The summed E-state index contributed by atoms with van der Waals surface area (Å²) in [4.78, 5) is 38.3. The van der Waals surface area contributed by atoms with E-state index < -0.39 is 41.2 Å². The van der Waals surface area contributed by atoms with Gasteiger partial charge in [-0.1, -0.05) is 48.5 Å². The topological polar surface area (TPSA) is 113 Å². The maximum atomic E-state index is 12.9. The zero-order valence-corrected chi connectivity index (χ0v) is 18.9. The van der Waals surface area contributed by atoms with Crippen LogP contribution >= 0.6 is 0 Å². The standard InChI is InChI=1S/C24H26N2O6S/c27-22(28)14-21(23(29)26-10-5-12-33(31)13-11-26)25-24(30)32-15-20-18-8-3-1-6-16(18)17-7-2-4-9-19(17)20/h1-4,6-9,20-21H,5,10-15H2,(H,25,30)(H,27,28). The van der Waals surface area contributed by atoms with Gasteiger partial charge >= 0.3 is 12.1 Å². The zero-order chi connectivity index (χ0) is 23.4. The Morgan fingerprint density at radius 3 is 2.30 bits per heavy atom. The number of benzene rings is 2. The first-order valence-electron chi connectivity index (χ1n) is 10.9. The number of aliphatic carboxylic acids is 1. The van der Waals surface area contributed by atoms with Crippen LogP contribution in [0.1, 0.15) is 29.9 Å². The molecule has 1 saturated heterocycles. The summed E-state index contributed by atoms with van der Waals surface area (Å²) in [6.45, 7) is 0.720. The molecule has 0 radical (unpaired) electrons. The lowest BCUT2D eigenvalue weighted by Gasteiger charge is -2.25. The Kier molecular flexibility index (Phi) is 7.08. The smallest absolute Gasteiger partial charge is 0.407 e. The number of alkyl carbamates (subject to hydrolysis) is 1.